The molecule has 0 saturated carbocycles. The Bertz CT molecular complexity index is 846. The van der Waals surface area contributed by atoms with Crippen molar-refractivity contribution in [2.75, 3.05) is 0 Å². The topological polar surface area (TPSA) is 43.6 Å². The Balaban J connectivity index is 2.23. The summed E-state index contributed by atoms with van der Waals surface area (Å²) in [6.07, 6.45) is 1.06. The number of aromatic nitrogens is 4. The van der Waals surface area contributed by atoms with Crippen molar-refractivity contribution in [2.24, 2.45) is 0 Å². The van der Waals surface area contributed by atoms with Crippen LogP contribution in [0.4, 0.5) is 22.0 Å². The van der Waals surface area contributed by atoms with E-state index in [1.54, 1.807) is 0 Å². The number of tetrazole rings is 1. The Hall–Kier alpha value is -2.84. The number of alkyl halides is 1. The zero-order valence-corrected chi connectivity index (χ0v) is 12.8. The van der Waals surface area contributed by atoms with Crippen LogP contribution in [0.1, 0.15) is 24.1 Å². The lowest BCUT2D eigenvalue weighted by molar-refractivity contribution is 0.121. The van der Waals surface area contributed by atoms with Crippen LogP contribution in [0.5, 0.6) is 0 Å². The highest BCUT2D eigenvalue weighted by molar-refractivity contribution is 5.38. The second kappa shape index (κ2) is 6.23. The second-order valence-electron chi connectivity index (χ2n) is 5.40. The number of benzene rings is 2. The average molecular weight is 354 g/mol. The first-order valence-corrected chi connectivity index (χ1v) is 7.16. The summed E-state index contributed by atoms with van der Waals surface area (Å²) >= 11 is 0. The molecule has 2 aromatic carbocycles. The minimum absolute atomic E-state index is 0.304. The van der Waals surface area contributed by atoms with E-state index in [4.69, 9.17) is 0 Å². The highest BCUT2D eigenvalue weighted by Crippen LogP contribution is 2.43. The Morgan fingerprint density at radius 1 is 0.880 bits per heavy atom. The molecule has 0 fully saturated rings. The van der Waals surface area contributed by atoms with Crippen molar-refractivity contribution >= 4 is 0 Å². The van der Waals surface area contributed by atoms with E-state index in [2.05, 4.69) is 15.4 Å². The maximum Gasteiger partial charge on any atom is 0.185 e. The standard InChI is InChI=1S/C16H11F5N4/c1-9(25-23-8-22-24-25)16(21,10-2-4-12(17)14(19)6-10)11-3-5-13(18)15(20)7-11/h2-9H,1H3. The molecular weight excluding hydrogens is 343 g/mol. The molecular formula is C16H11F5N4. The summed E-state index contributed by atoms with van der Waals surface area (Å²) < 4.78 is 69.9. The lowest BCUT2D eigenvalue weighted by atomic mass is 9.82. The van der Waals surface area contributed by atoms with Gasteiger partial charge in [-0.2, -0.15) is 4.80 Å². The van der Waals surface area contributed by atoms with Crippen LogP contribution >= 0.6 is 0 Å². The van der Waals surface area contributed by atoms with Crippen LogP contribution < -0.4 is 0 Å². The molecule has 0 aliphatic heterocycles. The van der Waals surface area contributed by atoms with Gasteiger partial charge < -0.3 is 0 Å². The lowest BCUT2D eigenvalue weighted by Gasteiger charge is -2.31. The number of hydrogen-bond acceptors (Lipinski definition) is 3. The summed E-state index contributed by atoms with van der Waals surface area (Å²) in [4.78, 5) is 0.905. The fraction of sp³-hybridized carbons (Fsp3) is 0.188. The number of halogens is 5. The Morgan fingerprint density at radius 2 is 1.40 bits per heavy atom. The molecule has 4 nitrogen and oxygen atoms in total. The first kappa shape index (κ1) is 17.0. The molecule has 1 atom stereocenters. The Labute approximate surface area is 138 Å². The molecule has 0 aliphatic rings. The monoisotopic (exact) mass is 354 g/mol. The van der Waals surface area contributed by atoms with Gasteiger partial charge in [0.15, 0.2) is 35.3 Å². The van der Waals surface area contributed by atoms with Gasteiger partial charge in [0.25, 0.3) is 0 Å². The van der Waals surface area contributed by atoms with Crippen LogP contribution in [0.3, 0.4) is 0 Å². The minimum Gasteiger partial charge on any atom is -0.231 e. The van der Waals surface area contributed by atoms with Gasteiger partial charge in [0.1, 0.15) is 6.04 Å². The van der Waals surface area contributed by atoms with Crippen molar-refractivity contribution in [3.8, 4) is 0 Å². The molecule has 25 heavy (non-hydrogen) atoms. The van der Waals surface area contributed by atoms with Gasteiger partial charge >= 0.3 is 0 Å². The van der Waals surface area contributed by atoms with Gasteiger partial charge in [-0.05, 0) is 47.5 Å². The molecule has 0 amide bonds. The molecule has 1 unspecified atom stereocenters. The van der Waals surface area contributed by atoms with Gasteiger partial charge in [-0.3, -0.25) is 0 Å². The zero-order valence-electron chi connectivity index (χ0n) is 12.8. The second-order valence-corrected chi connectivity index (χ2v) is 5.40. The van der Waals surface area contributed by atoms with E-state index in [9.17, 15) is 17.6 Å². The summed E-state index contributed by atoms with van der Waals surface area (Å²) in [5.41, 5.74) is -3.19. The van der Waals surface area contributed by atoms with Gasteiger partial charge in [0, 0.05) is 0 Å². The SMILES string of the molecule is CC(n1ncnn1)C(F)(c1ccc(F)c(F)c1)c1ccc(F)c(F)c1. The summed E-state index contributed by atoms with van der Waals surface area (Å²) in [5.74, 6) is -4.88. The number of hydrogen-bond donors (Lipinski definition) is 0. The predicted octanol–water partition coefficient (Wildman–Crippen LogP) is 3.70. The van der Waals surface area contributed by atoms with Crippen LogP contribution in [0.25, 0.3) is 0 Å². The van der Waals surface area contributed by atoms with Gasteiger partial charge in [0.05, 0.1) is 0 Å². The summed E-state index contributed by atoms with van der Waals surface area (Å²) in [5, 5.41) is 10.8. The van der Waals surface area contributed by atoms with E-state index in [1.165, 1.54) is 6.92 Å². The fourth-order valence-electron chi connectivity index (χ4n) is 2.61. The maximum absolute atomic E-state index is 16.1. The third-order valence-corrected chi connectivity index (χ3v) is 3.97. The van der Waals surface area contributed by atoms with Crippen LogP contribution in [0.15, 0.2) is 42.7 Å². The van der Waals surface area contributed by atoms with E-state index in [-0.39, 0.29) is 11.1 Å². The minimum atomic E-state index is -2.58. The van der Waals surface area contributed by atoms with E-state index >= 15 is 4.39 Å². The highest BCUT2D eigenvalue weighted by Gasteiger charge is 2.43. The summed E-state index contributed by atoms with van der Waals surface area (Å²) in [7, 11) is 0. The smallest absolute Gasteiger partial charge is 0.185 e. The molecule has 130 valence electrons. The van der Waals surface area contributed by atoms with Gasteiger partial charge in [-0.1, -0.05) is 12.1 Å². The molecule has 0 radical (unpaired) electrons. The Morgan fingerprint density at radius 3 is 1.80 bits per heavy atom. The third-order valence-electron chi connectivity index (χ3n) is 3.97. The largest absolute Gasteiger partial charge is 0.231 e. The molecule has 1 aromatic heterocycles. The molecule has 3 rings (SSSR count). The van der Waals surface area contributed by atoms with Crippen molar-refractivity contribution in [2.45, 2.75) is 18.6 Å². The molecule has 1 heterocycles. The quantitative estimate of drug-likeness (QED) is 0.671. The van der Waals surface area contributed by atoms with Crippen molar-refractivity contribution < 1.29 is 22.0 Å². The molecule has 0 spiro atoms. The van der Waals surface area contributed by atoms with Gasteiger partial charge in [-0.15, -0.1) is 10.2 Å². The lowest BCUT2D eigenvalue weighted by Crippen LogP contribution is -2.34. The van der Waals surface area contributed by atoms with E-state index < -0.39 is 35.0 Å². The van der Waals surface area contributed by atoms with E-state index in [0.717, 1.165) is 35.4 Å². The molecule has 0 bridgehead atoms. The van der Waals surface area contributed by atoms with Crippen molar-refractivity contribution in [1.82, 2.24) is 20.2 Å². The summed E-state index contributed by atoms with van der Waals surface area (Å²) in [6.45, 7) is 1.35. The van der Waals surface area contributed by atoms with Crippen LogP contribution in [-0.2, 0) is 5.67 Å². The van der Waals surface area contributed by atoms with Crippen molar-refractivity contribution in [1.29, 1.82) is 0 Å². The van der Waals surface area contributed by atoms with E-state index in [0.29, 0.717) is 12.1 Å². The molecule has 9 heteroatoms. The van der Waals surface area contributed by atoms with E-state index in [1.807, 2.05) is 0 Å². The Kier molecular flexibility index (Phi) is 4.23. The number of nitrogens with zero attached hydrogens (tertiary/aromatic N) is 4. The van der Waals surface area contributed by atoms with Crippen molar-refractivity contribution in [3.63, 3.8) is 0 Å². The molecule has 3 aromatic rings. The third kappa shape index (κ3) is 2.86. The van der Waals surface area contributed by atoms with Gasteiger partial charge in [-0.25, -0.2) is 22.0 Å². The first-order valence-electron chi connectivity index (χ1n) is 7.16. The van der Waals surface area contributed by atoms with Crippen LogP contribution in [0, 0.1) is 23.3 Å². The normalized spacial score (nSPS) is 13.0. The average Bonchev–Trinajstić information content (AvgIpc) is 3.13. The van der Waals surface area contributed by atoms with Crippen LogP contribution in [-0.4, -0.2) is 20.2 Å². The van der Waals surface area contributed by atoms with Crippen molar-refractivity contribution in [3.05, 3.63) is 77.1 Å². The predicted molar refractivity (Wildman–Crippen MR) is 77.1 cm³/mol. The fourth-order valence-corrected chi connectivity index (χ4v) is 2.61. The molecule has 0 N–H and O–H groups in total. The number of rotatable bonds is 4. The highest BCUT2D eigenvalue weighted by atomic mass is 19.2. The maximum atomic E-state index is 16.1. The first-order chi connectivity index (χ1) is 11.8. The van der Waals surface area contributed by atoms with Gasteiger partial charge in [0.2, 0.25) is 0 Å². The molecule has 0 aliphatic carbocycles. The zero-order chi connectivity index (χ0) is 18.2. The van der Waals surface area contributed by atoms with Crippen LogP contribution in [0.2, 0.25) is 0 Å². The summed E-state index contributed by atoms with van der Waals surface area (Å²) in [6, 6.07) is 3.64. The molecule has 0 saturated heterocycles.